The Morgan fingerprint density at radius 1 is 1.36 bits per heavy atom. The molecular weight excluding hydrogens is 372 g/mol. The van der Waals surface area contributed by atoms with Gasteiger partial charge in [0.1, 0.15) is 32.5 Å². The van der Waals surface area contributed by atoms with E-state index < -0.39 is 37.7 Å². The molecule has 1 rings (SSSR count). The molecule has 2 N–H and O–H groups in total. The van der Waals surface area contributed by atoms with E-state index in [9.17, 15) is 30.1 Å². The predicted octanol–water partition coefficient (Wildman–Crippen LogP) is -0.662. The zero-order valence-electron chi connectivity index (χ0n) is 17.0. The molecule has 12 nitrogen and oxygen atoms in total. The van der Waals surface area contributed by atoms with Crippen LogP contribution in [-0.2, 0) is 16.1 Å². The molecule has 0 aliphatic heterocycles. The molecule has 0 saturated carbocycles. The fourth-order valence-electron chi connectivity index (χ4n) is 2.47. The Hall–Kier alpha value is -2.25. The van der Waals surface area contributed by atoms with Crippen LogP contribution in [-0.4, -0.2) is 62.0 Å². The molecule has 1 aromatic rings. The van der Waals surface area contributed by atoms with Gasteiger partial charge in [0.05, 0.1) is 12.1 Å². The number of imidazole rings is 1. The summed E-state index contributed by atoms with van der Waals surface area (Å²) in [5.41, 5.74) is -2.50. The van der Waals surface area contributed by atoms with Gasteiger partial charge in [0.15, 0.2) is 17.1 Å². The Morgan fingerprint density at radius 3 is 2.43 bits per heavy atom. The van der Waals surface area contributed by atoms with Gasteiger partial charge in [-0.1, -0.05) is 4.98 Å². The van der Waals surface area contributed by atoms with Gasteiger partial charge in [-0.3, -0.25) is 14.9 Å². The molecule has 0 radical (unpaired) electrons. The number of hydroxylamine groups is 3. The average molecular weight is 400 g/mol. The number of nitrogens with zero attached hydrogens (tertiary/aromatic N) is 4. The standard InChI is InChI=1S/C16H28N6O6/c1-12(23)16(4,5)21(27)22(6,28)10-8-18-15(2,3)13(24)11-19-9-7-17-14(19)20(25)26/h7,9,18,21H,8,10-11H2,1-6H3. The molecule has 28 heavy (non-hydrogen) atoms. The van der Waals surface area contributed by atoms with Gasteiger partial charge in [-0.2, -0.15) is 0 Å². The van der Waals surface area contributed by atoms with Crippen LogP contribution < -0.4 is 10.5 Å². The lowest BCUT2D eigenvalue weighted by Gasteiger charge is -2.50. The third-order valence-corrected chi connectivity index (χ3v) is 4.82. The van der Waals surface area contributed by atoms with Crippen LogP contribution in [0.1, 0.15) is 34.6 Å². The highest BCUT2D eigenvalue weighted by atomic mass is 16.7. The number of ketones is 2. The van der Waals surface area contributed by atoms with E-state index in [4.69, 9.17) is 0 Å². The molecule has 0 spiro atoms. The number of quaternary nitrogens is 2. The van der Waals surface area contributed by atoms with Crippen molar-refractivity contribution in [1.82, 2.24) is 14.9 Å². The minimum atomic E-state index is -1.40. The highest BCUT2D eigenvalue weighted by Crippen LogP contribution is 2.12. The molecule has 1 heterocycles. The number of hydrogen-bond donors (Lipinski definition) is 2. The lowest BCUT2D eigenvalue weighted by molar-refractivity contribution is -1.46. The van der Waals surface area contributed by atoms with E-state index in [1.54, 1.807) is 13.8 Å². The maximum absolute atomic E-state index is 12.6. The number of nitrogens with one attached hydrogen (secondary N) is 2. The van der Waals surface area contributed by atoms with Crippen molar-refractivity contribution in [3.05, 3.63) is 32.9 Å². The van der Waals surface area contributed by atoms with E-state index in [1.165, 1.54) is 40.2 Å². The number of aromatic nitrogens is 2. The summed E-state index contributed by atoms with van der Waals surface area (Å²) in [5.74, 6) is -1.20. The van der Waals surface area contributed by atoms with Crippen LogP contribution in [0, 0.1) is 20.5 Å². The number of rotatable bonds is 11. The molecular formula is C16H28N6O6. The molecule has 0 fully saturated rings. The van der Waals surface area contributed by atoms with Crippen LogP contribution in [0.4, 0.5) is 5.95 Å². The summed E-state index contributed by atoms with van der Waals surface area (Å²) in [6.07, 6.45) is 2.56. The monoisotopic (exact) mass is 400 g/mol. The van der Waals surface area contributed by atoms with Crippen molar-refractivity contribution in [1.29, 1.82) is 0 Å². The van der Waals surface area contributed by atoms with Gasteiger partial charge in [-0.15, -0.1) is 0 Å². The Labute approximate surface area is 163 Å². The SMILES string of the molecule is CC(=O)C(C)(C)[NH+]([O-])[N+](C)([O-])CCNC(C)(C)C(=O)Cn1ccnc1[N+](=O)[O-]. The highest BCUT2D eigenvalue weighted by Gasteiger charge is 2.39. The van der Waals surface area contributed by atoms with Crippen molar-refractivity contribution in [2.45, 2.75) is 52.2 Å². The van der Waals surface area contributed by atoms with Gasteiger partial charge >= 0.3 is 5.95 Å². The quantitative estimate of drug-likeness (QED) is 0.281. The maximum atomic E-state index is 12.6. The second-order valence-electron chi connectivity index (χ2n) is 7.90. The summed E-state index contributed by atoms with van der Waals surface area (Å²) in [6.45, 7) is 6.81. The van der Waals surface area contributed by atoms with Crippen LogP contribution in [0.25, 0.3) is 0 Å². The number of hydrogen-bond acceptors (Lipinski definition) is 8. The normalized spacial score (nSPS) is 15.7. The Bertz CT molecular complexity index is 742. The first-order valence-corrected chi connectivity index (χ1v) is 8.69. The van der Waals surface area contributed by atoms with E-state index >= 15 is 0 Å². The van der Waals surface area contributed by atoms with Crippen molar-refractivity contribution in [2.75, 3.05) is 20.1 Å². The third-order valence-electron chi connectivity index (χ3n) is 4.82. The number of nitro groups is 1. The number of carbonyl (C=O) groups excluding carboxylic acids is 2. The van der Waals surface area contributed by atoms with Crippen molar-refractivity contribution in [3.8, 4) is 0 Å². The average Bonchev–Trinajstić information content (AvgIpc) is 3.01. The first-order chi connectivity index (χ1) is 12.6. The van der Waals surface area contributed by atoms with Crippen molar-refractivity contribution in [3.63, 3.8) is 0 Å². The molecule has 2 atom stereocenters. The summed E-state index contributed by atoms with van der Waals surface area (Å²) in [5, 5.41) is 38.0. The topological polar surface area (TPSA) is 158 Å². The lowest BCUT2D eigenvalue weighted by atomic mass is 9.99. The molecule has 0 aliphatic rings. The van der Waals surface area contributed by atoms with Crippen LogP contribution in [0.3, 0.4) is 0 Å². The van der Waals surface area contributed by atoms with E-state index in [0.29, 0.717) is 0 Å². The summed E-state index contributed by atoms with van der Waals surface area (Å²) in [7, 11) is 1.17. The minimum absolute atomic E-state index is 0.0322. The highest BCUT2D eigenvalue weighted by molar-refractivity contribution is 5.87. The molecule has 158 valence electrons. The van der Waals surface area contributed by atoms with Gasteiger partial charge in [0.2, 0.25) is 0 Å². The molecule has 0 saturated heterocycles. The first kappa shape index (κ1) is 23.8. The predicted molar refractivity (Wildman–Crippen MR) is 99.5 cm³/mol. The molecule has 0 aromatic carbocycles. The van der Waals surface area contributed by atoms with Crippen LogP contribution in [0.5, 0.6) is 0 Å². The minimum Gasteiger partial charge on any atom is -0.583 e. The fourth-order valence-corrected chi connectivity index (χ4v) is 2.47. The van der Waals surface area contributed by atoms with Gasteiger partial charge in [-0.05, 0) is 18.8 Å². The number of likely N-dealkylation sites (N-methyl/N-ethyl adjacent to an activating group) is 1. The number of Topliss-reactive ketones (excluding diaryl/α,β-unsaturated/α-hetero) is 2. The van der Waals surface area contributed by atoms with E-state index in [0.717, 1.165) is 4.57 Å². The maximum Gasteiger partial charge on any atom is 0.434 e. The van der Waals surface area contributed by atoms with Gasteiger partial charge in [0.25, 0.3) is 0 Å². The smallest absolute Gasteiger partial charge is 0.434 e. The van der Waals surface area contributed by atoms with Gasteiger partial charge < -0.3 is 20.5 Å². The second-order valence-corrected chi connectivity index (χ2v) is 7.90. The Kier molecular flexibility index (Phi) is 7.14. The Balaban J connectivity index is 2.72. The van der Waals surface area contributed by atoms with Gasteiger partial charge in [0, 0.05) is 20.8 Å². The van der Waals surface area contributed by atoms with Crippen molar-refractivity contribution < 1.29 is 24.4 Å². The van der Waals surface area contributed by atoms with Gasteiger partial charge in [-0.25, -0.2) is 14.5 Å². The van der Waals surface area contributed by atoms with Crippen molar-refractivity contribution >= 4 is 17.5 Å². The van der Waals surface area contributed by atoms with Crippen LogP contribution >= 0.6 is 0 Å². The lowest BCUT2D eigenvalue weighted by Crippen LogP contribution is -3.26. The van der Waals surface area contributed by atoms with Crippen LogP contribution in [0.15, 0.2) is 12.4 Å². The summed E-state index contributed by atoms with van der Waals surface area (Å²) in [4.78, 5) is 37.9. The summed E-state index contributed by atoms with van der Waals surface area (Å²) < 4.78 is -0.144. The third kappa shape index (κ3) is 5.39. The fraction of sp³-hybridized carbons (Fsp3) is 0.688. The van der Waals surface area contributed by atoms with E-state index in [-0.39, 0.29) is 25.4 Å². The molecule has 0 bridgehead atoms. The van der Waals surface area contributed by atoms with E-state index in [1.807, 2.05) is 0 Å². The van der Waals surface area contributed by atoms with Crippen LogP contribution in [0.2, 0.25) is 0 Å². The molecule has 0 amide bonds. The van der Waals surface area contributed by atoms with E-state index in [2.05, 4.69) is 10.3 Å². The molecule has 2 unspecified atom stereocenters. The molecule has 0 aliphatic carbocycles. The zero-order chi connectivity index (χ0) is 21.9. The largest absolute Gasteiger partial charge is 0.583 e. The molecule has 1 aromatic heterocycles. The Morgan fingerprint density at radius 2 is 1.93 bits per heavy atom. The second kappa shape index (κ2) is 8.41. The first-order valence-electron chi connectivity index (χ1n) is 8.69. The zero-order valence-corrected chi connectivity index (χ0v) is 17.0. The molecule has 12 heteroatoms. The number of carbonyl (C=O) groups is 2. The summed E-state index contributed by atoms with van der Waals surface area (Å²) in [6, 6.07) is 0. The summed E-state index contributed by atoms with van der Waals surface area (Å²) >= 11 is 0. The van der Waals surface area contributed by atoms with Crippen molar-refractivity contribution in [2.24, 2.45) is 0 Å².